The number of aromatic nitrogens is 3. The molecule has 1 saturated carbocycles. The molecule has 0 radical (unpaired) electrons. The Labute approximate surface area is 167 Å². The number of pyridine rings is 1. The summed E-state index contributed by atoms with van der Waals surface area (Å²) in [5.41, 5.74) is 1.44. The first-order valence-corrected chi connectivity index (χ1v) is 10.4. The molecule has 28 heavy (non-hydrogen) atoms. The standard InChI is InChI=1S/C21H22N4O2S/c1-13-7-10-18(22-11-13)25-20(27)16-5-3-4-6-17(16)24-21(25)28-12-19(26)23-14(2)15-8-9-15/h3-7,10-11,14-15H,8-9,12H2,1-2H3,(H,23,26)/t14-/m1/s1. The summed E-state index contributed by atoms with van der Waals surface area (Å²) in [5.74, 6) is 1.26. The molecule has 144 valence electrons. The topological polar surface area (TPSA) is 76.9 Å². The van der Waals surface area contributed by atoms with Crippen LogP contribution in [0.2, 0.25) is 0 Å². The Balaban J connectivity index is 1.67. The van der Waals surface area contributed by atoms with Crippen molar-refractivity contribution in [3.8, 4) is 5.82 Å². The maximum absolute atomic E-state index is 13.1. The maximum Gasteiger partial charge on any atom is 0.267 e. The van der Waals surface area contributed by atoms with Gasteiger partial charge in [-0.3, -0.25) is 9.59 Å². The molecule has 1 fully saturated rings. The van der Waals surface area contributed by atoms with Gasteiger partial charge in [0.25, 0.3) is 5.56 Å². The highest BCUT2D eigenvalue weighted by Gasteiger charge is 2.28. The van der Waals surface area contributed by atoms with Gasteiger partial charge in [-0.1, -0.05) is 30.0 Å². The number of benzene rings is 1. The number of hydrogen-bond acceptors (Lipinski definition) is 5. The summed E-state index contributed by atoms with van der Waals surface area (Å²) in [6.45, 7) is 3.99. The number of thioether (sulfide) groups is 1. The molecule has 6 nitrogen and oxygen atoms in total. The molecule has 3 aromatic rings. The molecular weight excluding hydrogens is 372 g/mol. The fourth-order valence-electron chi connectivity index (χ4n) is 3.14. The summed E-state index contributed by atoms with van der Waals surface area (Å²) in [6, 6.07) is 11.1. The van der Waals surface area contributed by atoms with Gasteiger partial charge < -0.3 is 5.32 Å². The third-order valence-corrected chi connectivity index (χ3v) is 5.86. The lowest BCUT2D eigenvalue weighted by Crippen LogP contribution is -2.35. The number of nitrogens with one attached hydrogen (secondary N) is 1. The molecule has 1 amide bonds. The highest BCUT2D eigenvalue weighted by Crippen LogP contribution is 2.32. The van der Waals surface area contributed by atoms with Crippen molar-refractivity contribution in [2.75, 3.05) is 5.75 Å². The molecule has 0 saturated heterocycles. The monoisotopic (exact) mass is 394 g/mol. The second-order valence-electron chi connectivity index (χ2n) is 7.23. The zero-order chi connectivity index (χ0) is 19.7. The summed E-state index contributed by atoms with van der Waals surface area (Å²) in [4.78, 5) is 34.5. The lowest BCUT2D eigenvalue weighted by molar-refractivity contribution is -0.119. The van der Waals surface area contributed by atoms with Gasteiger partial charge in [-0.05, 0) is 56.4 Å². The third kappa shape index (κ3) is 3.94. The number of carbonyl (C=O) groups excluding carboxylic acids is 1. The van der Waals surface area contributed by atoms with Gasteiger partial charge in [0.15, 0.2) is 5.16 Å². The van der Waals surface area contributed by atoms with Crippen LogP contribution in [-0.2, 0) is 4.79 Å². The van der Waals surface area contributed by atoms with E-state index in [-0.39, 0.29) is 23.3 Å². The first-order valence-electron chi connectivity index (χ1n) is 9.40. The highest BCUT2D eigenvalue weighted by molar-refractivity contribution is 7.99. The molecular formula is C21H22N4O2S. The van der Waals surface area contributed by atoms with Crippen LogP contribution in [0.3, 0.4) is 0 Å². The normalized spacial score (nSPS) is 14.8. The van der Waals surface area contributed by atoms with Crippen LogP contribution in [0.25, 0.3) is 16.7 Å². The van der Waals surface area contributed by atoms with Crippen molar-refractivity contribution >= 4 is 28.6 Å². The van der Waals surface area contributed by atoms with Crippen LogP contribution in [0, 0.1) is 12.8 Å². The largest absolute Gasteiger partial charge is 0.353 e. The molecule has 2 heterocycles. The fourth-order valence-corrected chi connectivity index (χ4v) is 3.96. The fraction of sp³-hybridized carbons (Fsp3) is 0.333. The van der Waals surface area contributed by atoms with Crippen LogP contribution < -0.4 is 10.9 Å². The van der Waals surface area contributed by atoms with Crippen molar-refractivity contribution in [3.63, 3.8) is 0 Å². The second-order valence-corrected chi connectivity index (χ2v) is 8.17. The van der Waals surface area contributed by atoms with Crippen molar-refractivity contribution in [2.45, 2.75) is 37.9 Å². The molecule has 1 N–H and O–H groups in total. The minimum atomic E-state index is -0.184. The number of para-hydroxylation sites is 1. The molecule has 1 atom stereocenters. The molecule has 0 aliphatic heterocycles. The Kier molecular flexibility index (Phi) is 5.17. The van der Waals surface area contributed by atoms with Crippen molar-refractivity contribution in [2.24, 2.45) is 5.92 Å². The van der Waals surface area contributed by atoms with Gasteiger partial charge >= 0.3 is 0 Å². The molecule has 7 heteroatoms. The van der Waals surface area contributed by atoms with Crippen molar-refractivity contribution in [3.05, 3.63) is 58.5 Å². The smallest absolute Gasteiger partial charge is 0.267 e. The highest BCUT2D eigenvalue weighted by atomic mass is 32.2. The lowest BCUT2D eigenvalue weighted by atomic mass is 10.2. The minimum absolute atomic E-state index is 0.0461. The Hall–Kier alpha value is -2.67. The minimum Gasteiger partial charge on any atom is -0.353 e. The van der Waals surface area contributed by atoms with E-state index >= 15 is 0 Å². The molecule has 2 aromatic heterocycles. The average molecular weight is 395 g/mol. The number of hydrogen-bond donors (Lipinski definition) is 1. The summed E-state index contributed by atoms with van der Waals surface area (Å²) >= 11 is 1.26. The average Bonchev–Trinajstić information content (AvgIpc) is 3.53. The summed E-state index contributed by atoms with van der Waals surface area (Å²) in [5, 5.41) is 4.04. The molecule has 4 rings (SSSR count). The SMILES string of the molecule is Cc1ccc(-n2c(SCC(=O)N[C@H](C)C3CC3)nc3ccccc3c2=O)nc1. The Morgan fingerprint density at radius 1 is 1.29 bits per heavy atom. The quantitative estimate of drug-likeness (QED) is 0.514. The van der Waals surface area contributed by atoms with Gasteiger partial charge in [0.05, 0.1) is 16.7 Å². The van der Waals surface area contributed by atoms with E-state index in [0.717, 1.165) is 5.56 Å². The molecule has 0 spiro atoms. The van der Waals surface area contributed by atoms with Crippen LogP contribution >= 0.6 is 11.8 Å². The lowest BCUT2D eigenvalue weighted by Gasteiger charge is -2.14. The Morgan fingerprint density at radius 2 is 2.07 bits per heavy atom. The first-order chi connectivity index (χ1) is 13.5. The first kappa shape index (κ1) is 18.7. The van der Waals surface area contributed by atoms with Crippen molar-refractivity contribution < 1.29 is 4.79 Å². The molecule has 0 unspecified atom stereocenters. The Morgan fingerprint density at radius 3 is 2.79 bits per heavy atom. The van der Waals surface area contributed by atoms with Gasteiger partial charge in [0.2, 0.25) is 5.91 Å². The molecule has 1 aliphatic carbocycles. The third-order valence-electron chi connectivity index (χ3n) is 4.92. The van der Waals surface area contributed by atoms with E-state index in [1.54, 1.807) is 18.3 Å². The van der Waals surface area contributed by atoms with E-state index in [2.05, 4.69) is 15.3 Å². The van der Waals surface area contributed by atoms with Gasteiger partial charge in [0, 0.05) is 12.2 Å². The van der Waals surface area contributed by atoms with Crippen molar-refractivity contribution in [1.29, 1.82) is 0 Å². The maximum atomic E-state index is 13.1. The van der Waals surface area contributed by atoms with Gasteiger partial charge in [-0.2, -0.15) is 0 Å². The van der Waals surface area contributed by atoms with E-state index in [0.29, 0.717) is 27.8 Å². The predicted octanol–water partition coefficient (Wildman–Crippen LogP) is 3.10. The molecule has 0 bridgehead atoms. The predicted molar refractivity (Wildman–Crippen MR) is 111 cm³/mol. The van der Waals surface area contributed by atoms with E-state index in [9.17, 15) is 9.59 Å². The number of aryl methyl sites for hydroxylation is 1. The zero-order valence-electron chi connectivity index (χ0n) is 15.9. The van der Waals surface area contributed by atoms with Crippen LogP contribution in [-0.4, -0.2) is 32.2 Å². The van der Waals surface area contributed by atoms with Crippen molar-refractivity contribution in [1.82, 2.24) is 19.9 Å². The van der Waals surface area contributed by atoms with Crippen LogP contribution in [0.4, 0.5) is 0 Å². The second kappa shape index (κ2) is 7.75. The number of amides is 1. The zero-order valence-corrected chi connectivity index (χ0v) is 16.7. The van der Waals surface area contributed by atoms with E-state index in [1.165, 1.54) is 29.2 Å². The van der Waals surface area contributed by atoms with Gasteiger partial charge in [-0.25, -0.2) is 14.5 Å². The number of carbonyl (C=O) groups is 1. The van der Waals surface area contributed by atoms with E-state index in [4.69, 9.17) is 0 Å². The summed E-state index contributed by atoms with van der Waals surface area (Å²) in [7, 11) is 0. The number of rotatable bonds is 6. The van der Waals surface area contributed by atoms with Gasteiger partial charge in [-0.15, -0.1) is 0 Å². The van der Waals surface area contributed by atoms with E-state index in [1.807, 2.05) is 38.1 Å². The van der Waals surface area contributed by atoms with Gasteiger partial charge in [0.1, 0.15) is 5.82 Å². The van der Waals surface area contributed by atoms with Crippen LogP contribution in [0.5, 0.6) is 0 Å². The molecule has 1 aromatic carbocycles. The summed E-state index contributed by atoms with van der Waals surface area (Å²) in [6.07, 6.45) is 4.08. The Bertz CT molecular complexity index is 1070. The number of fused-ring (bicyclic) bond motifs is 1. The van der Waals surface area contributed by atoms with Crippen LogP contribution in [0.1, 0.15) is 25.3 Å². The van der Waals surface area contributed by atoms with Crippen LogP contribution in [0.15, 0.2) is 52.5 Å². The number of nitrogens with zero attached hydrogens (tertiary/aromatic N) is 3. The summed E-state index contributed by atoms with van der Waals surface area (Å²) < 4.78 is 1.49. The van der Waals surface area contributed by atoms with E-state index < -0.39 is 0 Å². The molecule has 1 aliphatic rings.